The second-order valence-corrected chi connectivity index (χ2v) is 3.89. The highest BCUT2D eigenvalue weighted by atomic mass is 15.1. The van der Waals surface area contributed by atoms with Crippen LogP contribution in [0.3, 0.4) is 0 Å². The SMILES string of the molecule is CCCCN(C)c1ccc(C#N)cc1C. The second-order valence-electron chi connectivity index (χ2n) is 3.89. The summed E-state index contributed by atoms with van der Waals surface area (Å²) in [5.41, 5.74) is 3.13. The van der Waals surface area contributed by atoms with Crippen LogP contribution < -0.4 is 4.90 Å². The third kappa shape index (κ3) is 2.99. The zero-order valence-electron chi connectivity index (χ0n) is 9.75. The van der Waals surface area contributed by atoms with Crippen LogP contribution in [-0.4, -0.2) is 13.6 Å². The minimum Gasteiger partial charge on any atom is -0.374 e. The molecule has 0 unspecified atom stereocenters. The van der Waals surface area contributed by atoms with E-state index in [1.165, 1.54) is 24.1 Å². The van der Waals surface area contributed by atoms with Gasteiger partial charge >= 0.3 is 0 Å². The van der Waals surface area contributed by atoms with Gasteiger partial charge in [0.15, 0.2) is 0 Å². The summed E-state index contributed by atoms with van der Waals surface area (Å²) in [4.78, 5) is 2.25. The number of unbranched alkanes of at least 4 members (excludes halogenated alkanes) is 1. The fourth-order valence-corrected chi connectivity index (χ4v) is 1.67. The lowest BCUT2D eigenvalue weighted by Crippen LogP contribution is -2.19. The number of benzene rings is 1. The van der Waals surface area contributed by atoms with Crippen molar-refractivity contribution in [2.45, 2.75) is 26.7 Å². The number of hydrogen-bond acceptors (Lipinski definition) is 2. The van der Waals surface area contributed by atoms with Crippen LogP contribution in [0.5, 0.6) is 0 Å². The molecule has 0 radical (unpaired) electrons. The first-order valence-electron chi connectivity index (χ1n) is 5.41. The molecule has 0 aliphatic carbocycles. The van der Waals surface area contributed by atoms with E-state index in [4.69, 9.17) is 5.26 Å². The van der Waals surface area contributed by atoms with E-state index in [-0.39, 0.29) is 0 Å². The molecule has 0 spiro atoms. The molecule has 80 valence electrons. The van der Waals surface area contributed by atoms with E-state index >= 15 is 0 Å². The van der Waals surface area contributed by atoms with Gasteiger partial charge in [0.05, 0.1) is 11.6 Å². The molecule has 1 rings (SSSR count). The maximum Gasteiger partial charge on any atom is 0.0991 e. The van der Waals surface area contributed by atoms with Crippen LogP contribution in [0.1, 0.15) is 30.9 Å². The largest absolute Gasteiger partial charge is 0.374 e. The molecule has 1 aromatic rings. The van der Waals surface area contributed by atoms with Gasteiger partial charge in [-0.1, -0.05) is 13.3 Å². The van der Waals surface area contributed by atoms with Crippen molar-refractivity contribution >= 4 is 5.69 Å². The lowest BCUT2D eigenvalue weighted by atomic mass is 10.1. The van der Waals surface area contributed by atoms with Crippen molar-refractivity contribution in [2.24, 2.45) is 0 Å². The zero-order valence-corrected chi connectivity index (χ0v) is 9.75. The highest BCUT2D eigenvalue weighted by Crippen LogP contribution is 2.20. The van der Waals surface area contributed by atoms with E-state index in [9.17, 15) is 0 Å². The zero-order chi connectivity index (χ0) is 11.3. The summed E-state index contributed by atoms with van der Waals surface area (Å²) in [6.45, 7) is 5.32. The Morgan fingerprint density at radius 3 is 2.67 bits per heavy atom. The first-order chi connectivity index (χ1) is 7.19. The molecule has 15 heavy (non-hydrogen) atoms. The molecule has 2 nitrogen and oxygen atoms in total. The third-order valence-corrected chi connectivity index (χ3v) is 2.58. The molecular formula is C13H18N2. The average Bonchev–Trinajstić information content (AvgIpc) is 2.25. The number of aryl methyl sites for hydroxylation is 1. The van der Waals surface area contributed by atoms with Gasteiger partial charge < -0.3 is 4.90 Å². The van der Waals surface area contributed by atoms with Crippen molar-refractivity contribution in [3.63, 3.8) is 0 Å². The van der Waals surface area contributed by atoms with Gasteiger partial charge in [-0.15, -0.1) is 0 Å². The van der Waals surface area contributed by atoms with Crippen LogP contribution in [0.15, 0.2) is 18.2 Å². The van der Waals surface area contributed by atoms with E-state index in [2.05, 4.69) is 31.9 Å². The molecule has 0 N–H and O–H groups in total. The Labute approximate surface area is 92.1 Å². The molecule has 1 aromatic carbocycles. The minimum absolute atomic E-state index is 0.736. The Bertz CT molecular complexity index is 363. The molecule has 0 amide bonds. The molecule has 0 aliphatic rings. The summed E-state index contributed by atoms with van der Waals surface area (Å²) in [5, 5.41) is 8.77. The van der Waals surface area contributed by atoms with Gasteiger partial charge in [-0.3, -0.25) is 0 Å². The highest BCUT2D eigenvalue weighted by Gasteiger charge is 2.04. The van der Waals surface area contributed by atoms with Gasteiger partial charge in [-0.2, -0.15) is 5.26 Å². The van der Waals surface area contributed by atoms with Crippen molar-refractivity contribution in [1.82, 2.24) is 0 Å². The average molecular weight is 202 g/mol. The third-order valence-electron chi connectivity index (χ3n) is 2.58. The molecule has 0 fully saturated rings. The Kier molecular flexibility index (Phi) is 4.17. The van der Waals surface area contributed by atoms with Gasteiger partial charge in [-0.25, -0.2) is 0 Å². The molecule has 0 saturated carbocycles. The summed E-state index contributed by atoms with van der Waals surface area (Å²) in [7, 11) is 2.10. The molecule has 0 aliphatic heterocycles. The van der Waals surface area contributed by atoms with E-state index in [1.807, 2.05) is 18.2 Å². The van der Waals surface area contributed by atoms with Crippen molar-refractivity contribution in [2.75, 3.05) is 18.5 Å². The van der Waals surface area contributed by atoms with Crippen molar-refractivity contribution < 1.29 is 0 Å². The Hall–Kier alpha value is -1.49. The molecule has 2 heteroatoms. The number of anilines is 1. The lowest BCUT2D eigenvalue weighted by Gasteiger charge is -2.21. The van der Waals surface area contributed by atoms with E-state index < -0.39 is 0 Å². The van der Waals surface area contributed by atoms with Gasteiger partial charge in [0.2, 0.25) is 0 Å². The fraction of sp³-hybridized carbons (Fsp3) is 0.462. The first-order valence-corrected chi connectivity index (χ1v) is 5.41. The van der Waals surface area contributed by atoms with Crippen molar-refractivity contribution in [1.29, 1.82) is 5.26 Å². The molecule has 0 bridgehead atoms. The summed E-state index contributed by atoms with van der Waals surface area (Å²) in [6.07, 6.45) is 2.41. The molecule has 0 saturated heterocycles. The number of rotatable bonds is 4. The summed E-state index contributed by atoms with van der Waals surface area (Å²) in [5.74, 6) is 0. The maximum absolute atomic E-state index is 8.77. The van der Waals surface area contributed by atoms with Crippen LogP contribution in [0.4, 0.5) is 5.69 Å². The van der Waals surface area contributed by atoms with Crippen molar-refractivity contribution in [3.8, 4) is 6.07 Å². The Balaban J connectivity index is 2.82. The quantitative estimate of drug-likeness (QED) is 0.750. The van der Waals surface area contributed by atoms with Gasteiger partial charge in [0.1, 0.15) is 0 Å². The van der Waals surface area contributed by atoms with Crippen LogP contribution in [0, 0.1) is 18.3 Å². The Morgan fingerprint density at radius 1 is 1.40 bits per heavy atom. The minimum atomic E-state index is 0.736. The summed E-state index contributed by atoms with van der Waals surface area (Å²) < 4.78 is 0. The van der Waals surface area contributed by atoms with Gasteiger partial charge in [-0.05, 0) is 37.1 Å². The van der Waals surface area contributed by atoms with Crippen LogP contribution in [0.2, 0.25) is 0 Å². The lowest BCUT2D eigenvalue weighted by molar-refractivity contribution is 0.765. The van der Waals surface area contributed by atoms with Crippen LogP contribution in [0.25, 0.3) is 0 Å². The highest BCUT2D eigenvalue weighted by molar-refractivity contribution is 5.55. The predicted molar refractivity (Wildman–Crippen MR) is 64.1 cm³/mol. The fourth-order valence-electron chi connectivity index (χ4n) is 1.67. The standard InChI is InChI=1S/C13H18N2/c1-4-5-8-15(3)13-7-6-12(10-14)9-11(13)2/h6-7,9H,4-5,8H2,1-3H3. The van der Waals surface area contributed by atoms with Crippen molar-refractivity contribution in [3.05, 3.63) is 29.3 Å². The molecule has 0 atom stereocenters. The van der Waals surface area contributed by atoms with Gasteiger partial charge in [0, 0.05) is 19.3 Å². The topological polar surface area (TPSA) is 27.0 Å². The summed E-state index contributed by atoms with van der Waals surface area (Å²) >= 11 is 0. The predicted octanol–water partition coefficient (Wildman–Crippen LogP) is 3.10. The molecule has 0 aromatic heterocycles. The monoisotopic (exact) mass is 202 g/mol. The van der Waals surface area contributed by atoms with E-state index in [0.717, 1.165) is 12.1 Å². The van der Waals surface area contributed by atoms with Gasteiger partial charge in [0.25, 0.3) is 0 Å². The Morgan fingerprint density at radius 2 is 2.13 bits per heavy atom. The molecular weight excluding hydrogens is 184 g/mol. The summed E-state index contributed by atoms with van der Waals surface area (Å²) in [6, 6.07) is 8.01. The normalized spacial score (nSPS) is 9.73. The first kappa shape index (κ1) is 11.6. The second kappa shape index (κ2) is 5.41. The van der Waals surface area contributed by atoms with E-state index in [0.29, 0.717) is 0 Å². The smallest absolute Gasteiger partial charge is 0.0991 e. The molecule has 0 heterocycles. The number of hydrogen-bond donors (Lipinski definition) is 0. The van der Waals surface area contributed by atoms with E-state index in [1.54, 1.807) is 0 Å². The number of nitrogens with zero attached hydrogens (tertiary/aromatic N) is 2. The number of nitriles is 1. The maximum atomic E-state index is 8.77. The van der Waals surface area contributed by atoms with Crippen LogP contribution >= 0.6 is 0 Å². The van der Waals surface area contributed by atoms with Crippen LogP contribution in [-0.2, 0) is 0 Å².